The summed E-state index contributed by atoms with van der Waals surface area (Å²) in [4.78, 5) is 46.2. The van der Waals surface area contributed by atoms with E-state index in [2.05, 4.69) is 11.6 Å². The summed E-state index contributed by atoms with van der Waals surface area (Å²) in [5.74, 6) is -0.365. The van der Waals surface area contributed by atoms with Gasteiger partial charge in [0, 0.05) is 36.5 Å². The van der Waals surface area contributed by atoms with Crippen LogP contribution in [0.5, 0.6) is 5.75 Å². The predicted octanol–water partition coefficient (Wildman–Crippen LogP) is 3.76. The van der Waals surface area contributed by atoms with Crippen LogP contribution in [-0.4, -0.2) is 60.1 Å². The number of hydrogen-bond donors (Lipinski definition) is 1. The molecule has 0 aromatic heterocycles. The molecule has 2 saturated heterocycles. The first-order valence-electron chi connectivity index (χ1n) is 12.3. The van der Waals surface area contributed by atoms with Crippen molar-refractivity contribution >= 4 is 29.2 Å². The van der Waals surface area contributed by atoms with Crippen LogP contribution >= 0.6 is 0 Å². The largest absolute Gasteiger partial charge is 0.497 e. The molecule has 3 rings (SSSR count). The summed E-state index contributed by atoms with van der Waals surface area (Å²) in [5.41, 5.74) is 8.24. The summed E-state index contributed by atoms with van der Waals surface area (Å²) in [5, 5.41) is 0. The summed E-state index contributed by atoms with van der Waals surface area (Å²) in [6.07, 6.45) is 7.85. The van der Waals surface area contributed by atoms with Gasteiger partial charge in [0.05, 0.1) is 19.4 Å². The summed E-state index contributed by atoms with van der Waals surface area (Å²) < 4.78 is 10.3. The number of esters is 1. The molecule has 0 atom stereocenters. The molecular weight excluding hydrogens is 472 g/mol. The Kier molecular flexibility index (Phi) is 9.43. The summed E-state index contributed by atoms with van der Waals surface area (Å²) >= 11 is 0. The number of aliphatic imine (C=N–C) groups is 1. The van der Waals surface area contributed by atoms with Gasteiger partial charge in [-0.3, -0.25) is 9.59 Å². The number of methoxy groups -OCH3 is 1. The molecule has 9 heteroatoms. The lowest BCUT2D eigenvalue weighted by Gasteiger charge is -2.31. The number of amides is 2. The van der Waals surface area contributed by atoms with Gasteiger partial charge in [-0.1, -0.05) is 6.58 Å². The molecule has 1 aromatic rings. The van der Waals surface area contributed by atoms with Crippen molar-refractivity contribution in [2.75, 3.05) is 26.8 Å². The summed E-state index contributed by atoms with van der Waals surface area (Å²) in [7, 11) is 1.56. The second-order valence-corrected chi connectivity index (χ2v) is 8.58. The zero-order valence-corrected chi connectivity index (χ0v) is 21.7. The van der Waals surface area contributed by atoms with E-state index in [4.69, 9.17) is 15.2 Å². The Morgan fingerprint density at radius 3 is 2.46 bits per heavy atom. The average molecular weight is 507 g/mol. The minimum atomic E-state index is -0.689. The van der Waals surface area contributed by atoms with Crippen LogP contribution in [0, 0.1) is 0 Å². The quantitative estimate of drug-likeness (QED) is 0.326. The van der Waals surface area contributed by atoms with Gasteiger partial charge in [0.15, 0.2) is 0 Å². The lowest BCUT2D eigenvalue weighted by Crippen LogP contribution is -2.43. The molecule has 0 unspecified atom stereocenters. The minimum absolute atomic E-state index is 0.0571. The molecule has 2 amide bonds. The molecule has 2 aliphatic rings. The average Bonchev–Trinajstić information content (AvgIpc) is 2.91. The molecule has 2 N–H and O–H groups in total. The SMILES string of the molecule is C=C/C(=C\C=C(/C)N1CCCCC1=O)N1CCC(=C(N)C(=O)OCC)C(=Nc2ccc(OC)cc2)C1=O. The van der Waals surface area contributed by atoms with Gasteiger partial charge in [-0.2, -0.15) is 0 Å². The maximum absolute atomic E-state index is 13.7. The number of carbonyl (C=O) groups is 3. The van der Waals surface area contributed by atoms with Gasteiger partial charge in [0.25, 0.3) is 5.91 Å². The van der Waals surface area contributed by atoms with Crippen LogP contribution in [0.1, 0.15) is 39.5 Å². The van der Waals surface area contributed by atoms with E-state index in [9.17, 15) is 14.4 Å². The van der Waals surface area contributed by atoms with Crippen molar-refractivity contribution in [2.24, 2.45) is 10.7 Å². The summed E-state index contributed by atoms with van der Waals surface area (Å²) in [6, 6.07) is 6.88. The second kappa shape index (κ2) is 12.7. The van der Waals surface area contributed by atoms with E-state index in [-0.39, 0.29) is 30.5 Å². The zero-order chi connectivity index (χ0) is 26.9. The third-order valence-electron chi connectivity index (χ3n) is 6.22. The fraction of sp³-hybridized carbons (Fsp3) is 0.357. The number of nitrogens with two attached hydrogens (primary N) is 1. The van der Waals surface area contributed by atoms with Crippen molar-refractivity contribution in [3.63, 3.8) is 0 Å². The maximum atomic E-state index is 13.7. The summed E-state index contributed by atoms with van der Waals surface area (Å²) in [6.45, 7) is 8.54. The molecule has 9 nitrogen and oxygen atoms in total. The third kappa shape index (κ3) is 6.55. The zero-order valence-electron chi connectivity index (χ0n) is 21.7. The highest BCUT2D eigenvalue weighted by atomic mass is 16.5. The number of carbonyl (C=O) groups excluding carboxylic acids is 3. The normalized spacial score (nSPS) is 19.7. The smallest absolute Gasteiger partial charge is 0.354 e. The van der Waals surface area contributed by atoms with E-state index in [1.54, 1.807) is 60.3 Å². The van der Waals surface area contributed by atoms with Crippen LogP contribution in [0.15, 0.2) is 76.7 Å². The van der Waals surface area contributed by atoms with Gasteiger partial charge in [-0.15, -0.1) is 0 Å². The second-order valence-electron chi connectivity index (χ2n) is 8.58. The van der Waals surface area contributed by atoms with E-state index in [1.807, 2.05) is 13.0 Å². The van der Waals surface area contributed by atoms with Gasteiger partial charge >= 0.3 is 5.97 Å². The first kappa shape index (κ1) is 27.4. The van der Waals surface area contributed by atoms with E-state index in [0.717, 1.165) is 18.5 Å². The van der Waals surface area contributed by atoms with Crippen molar-refractivity contribution in [1.82, 2.24) is 9.80 Å². The molecule has 0 saturated carbocycles. The van der Waals surface area contributed by atoms with Gasteiger partial charge in [0.1, 0.15) is 17.2 Å². The Bertz CT molecular complexity index is 1180. The highest BCUT2D eigenvalue weighted by molar-refractivity contribution is 6.47. The molecule has 37 heavy (non-hydrogen) atoms. The van der Waals surface area contributed by atoms with Crippen LogP contribution < -0.4 is 10.5 Å². The number of likely N-dealkylation sites (tertiary alicyclic amines) is 2. The van der Waals surface area contributed by atoms with Crippen LogP contribution in [0.3, 0.4) is 0 Å². The molecular formula is C28H34N4O5. The molecule has 0 aliphatic carbocycles. The molecule has 0 bridgehead atoms. The number of ether oxygens (including phenoxy) is 2. The molecule has 196 valence electrons. The lowest BCUT2D eigenvalue weighted by atomic mass is 9.97. The molecule has 1 aromatic carbocycles. The Hall–Kier alpha value is -4.14. The molecule has 2 heterocycles. The fourth-order valence-electron chi connectivity index (χ4n) is 4.19. The van der Waals surface area contributed by atoms with Crippen LogP contribution in [0.4, 0.5) is 5.69 Å². The number of allylic oxidation sites excluding steroid dienone is 4. The van der Waals surface area contributed by atoms with Crippen molar-refractivity contribution in [1.29, 1.82) is 0 Å². The number of nitrogens with zero attached hydrogens (tertiary/aromatic N) is 3. The Morgan fingerprint density at radius 2 is 1.84 bits per heavy atom. The van der Waals surface area contributed by atoms with Gasteiger partial charge in [0.2, 0.25) is 5.91 Å². The van der Waals surface area contributed by atoms with E-state index in [0.29, 0.717) is 42.1 Å². The van der Waals surface area contributed by atoms with Crippen molar-refractivity contribution in [2.45, 2.75) is 39.5 Å². The third-order valence-corrected chi connectivity index (χ3v) is 6.22. The molecule has 0 spiro atoms. The van der Waals surface area contributed by atoms with Crippen LogP contribution in [-0.2, 0) is 19.1 Å². The van der Waals surface area contributed by atoms with E-state index in [1.165, 1.54) is 0 Å². The van der Waals surface area contributed by atoms with Crippen LogP contribution in [0.25, 0.3) is 0 Å². The number of piperidine rings is 2. The predicted molar refractivity (Wildman–Crippen MR) is 142 cm³/mol. The van der Waals surface area contributed by atoms with Crippen LogP contribution in [0.2, 0.25) is 0 Å². The standard InChI is InChI=1S/C28H34N4O5/c1-5-21(13-10-19(3)31-17-8-7-9-24(31)33)32-18-16-23(25(29)28(35)37-6-2)26(27(32)34)30-20-11-14-22(36-4)15-12-20/h5,10-15H,1,6-9,16-18,29H2,2-4H3/b19-10+,21-13+,25-23?,30-26?. The van der Waals surface area contributed by atoms with E-state index < -0.39 is 11.9 Å². The van der Waals surface area contributed by atoms with Gasteiger partial charge in [-0.25, -0.2) is 9.79 Å². The van der Waals surface area contributed by atoms with E-state index >= 15 is 0 Å². The molecule has 2 aliphatic heterocycles. The first-order valence-corrected chi connectivity index (χ1v) is 12.3. The monoisotopic (exact) mass is 506 g/mol. The number of hydrogen-bond acceptors (Lipinski definition) is 7. The molecule has 0 radical (unpaired) electrons. The lowest BCUT2D eigenvalue weighted by molar-refractivity contribution is -0.138. The minimum Gasteiger partial charge on any atom is -0.497 e. The first-order chi connectivity index (χ1) is 17.8. The highest BCUT2D eigenvalue weighted by Gasteiger charge is 2.33. The van der Waals surface area contributed by atoms with Crippen molar-refractivity contribution in [3.8, 4) is 5.75 Å². The highest BCUT2D eigenvalue weighted by Crippen LogP contribution is 2.26. The van der Waals surface area contributed by atoms with Gasteiger partial charge < -0.3 is 25.0 Å². The van der Waals surface area contributed by atoms with Gasteiger partial charge in [-0.05, 0) is 75.6 Å². The Labute approximate surface area is 217 Å². The fourth-order valence-corrected chi connectivity index (χ4v) is 4.19. The maximum Gasteiger partial charge on any atom is 0.354 e. The van der Waals surface area contributed by atoms with Crippen molar-refractivity contribution in [3.05, 3.63) is 71.7 Å². The number of rotatable bonds is 8. The Morgan fingerprint density at radius 1 is 1.11 bits per heavy atom. The Balaban J connectivity index is 1.99. The molecule has 2 fully saturated rings. The topological polar surface area (TPSA) is 115 Å². The number of benzene rings is 1. The van der Waals surface area contributed by atoms with Crippen molar-refractivity contribution < 1.29 is 23.9 Å².